The van der Waals surface area contributed by atoms with Crippen molar-refractivity contribution in [3.8, 4) is 11.1 Å². The van der Waals surface area contributed by atoms with Crippen LogP contribution in [0.5, 0.6) is 0 Å². The van der Waals surface area contributed by atoms with E-state index in [2.05, 4.69) is 65.6 Å². The average Bonchev–Trinajstić information content (AvgIpc) is 2.73. The molecule has 2 unspecified atom stereocenters. The molecule has 1 N–H and O–H groups in total. The van der Waals surface area contributed by atoms with E-state index in [0.717, 1.165) is 30.5 Å². The molecule has 2 aromatic carbocycles. The third kappa shape index (κ3) is 3.80. The Morgan fingerprint density at radius 2 is 1.82 bits per heavy atom. The Morgan fingerprint density at radius 3 is 2.61 bits per heavy atom. The van der Waals surface area contributed by atoms with Crippen molar-refractivity contribution in [3.05, 3.63) is 93.9 Å². The maximum absolute atomic E-state index is 13.0. The predicted octanol–water partition coefficient (Wildman–Crippen LogP) is 4.79. The smallest absolute Gasteiger partial charge is 0.253 e. The number of nitrogens with one attached hydrogen (secondary N) is 1. The first kappa shape index (κ1) is 19.0. The Morgan fingerprint density at radius 1 is 1.04 bits per heavy atom. The van der Waals surface area contributed by atoms with Crippen LogP contribution in [-0.2, 0) is 12.8 Å². The van der Waals surface area contributed by atoms with Crippen molar-refractivity contribution in [2.45, 2.75) is 38.3 Å². The third-order valence-corrected chi connectivity index (χ3v) is 6.19. The first-order valence-electron chi connectivity index (χ1n) is 9.81. The first-order valence-corrected chi connectivity index (χ1v) is 11.0. The summed E-state index contributed by atoms with van der Waals surface area (Å²) in [7, 11) is 0. The molecule has 144 valence electrons. The number of pyridine rings is 1. The molecule has 0 fully saturated rings. The Kier molecular flexibility index (Phi) is 5.69. The van der Waals surface area contributed by atoms with Crippen LogP contribution in [0.15, 0.2) is 71.5 Å². The molecule has 1 aliphatic heterocycles. The summed E-state index contributed by atoms with van der Waals surface area (Å²) in [4.78, 5) is 13.0. The molecule has 2 atom stereocenters. The van der Waals surface area contributed by atoms with Crippen molar-refractivity contribution in [1.82, 2.24) is 9.29 Å². The van der Waals surface area contributed by atoms with Gasteiger partial charge in [0.25, 0.3) is 5.56 Å². The highest BCUT2D eigenvalue weighted by Crippen LogP contribution is 2.29. The van der Waals surface area contributed by atoms with Gasteiger partial charge in [0.2, 0.25) is 0 Å². The topological polar surface area (TPSA) is 34.0 Å². The molecule has 0 aliphatic carbocycles. The number of aryl methyl sites for hydroxylation is 2. The number of aromatic nitrogens is 1. The molecule has 0 radical (unpaired) electrons. The van der Waals surface area contributed by atoms with Crippen LogP contribution in [0.4, 0.5) is 0 Å². The Bertz CT molecular complexity index is 1010. The van der Waals surface area contributed by atoms with Crippen LogP contribution in [0.25, 0.3) is 11.1 Å². The van der Waals surface area contributed by atoms with Gasteiger partial charge >= 0.3 is 0 Å². The SMILES string of the molecule is CSNC1CCc2ccc(C)c(=O)n2C1Cc1cccc(-c2ccccc2)c1. The molecule has 1 aliphatic rings. The first-order chi connectivity index (χ1) is 13.7. The van der Waals surface area contributed by atoms with Crippen LogP contribution < -0.4 is 10.3 Å². The Balaban J connectivity index is 1.72. The highest BCUT2D eigenvalue weighted by Gasteiger charge is 2.30. The summed E-state index contributed by atoms with van der Waals surface area (Å²) in [6, 6.07) is 23.7. The summed E-state index contributed by atoms with van der Waals surface area (Å²) < 4.78 is 5.59. The normalized spacial score (nSPS) is 18.6. The largest absolute Gasteiger partial charge is 0.307 e. The van der Waals surface area contributed by atoms with E-state index in [1.807, 2.05) is 23.6 Å². The monoisotopic (exact) mass is 390 g/mol. The Labute approximate surface area is 170 Å². The van der Waals surface area contributed by atoms with E-state index in [-0.39, 0.29) is 17.6 Å². The van der Waals surface area contributed by atoms with Gasteiger partial charge in [-0.15, -0.1) is 0 Å². The highest BCUT2D eigenvalue weighted by atomic mass is 32.2. The lowest BCUT2D eigenvalue weighted by Crippen LogP contribution is -2.45. The zero-order valence-corrected chi connectivity index (χ0v) is 17.2. The fraction of sp³-hybridized carbons (Fsp3) is 0.292. The molecule has 28 heavy (non-hydrogen) atoms. The molecule has 2 heterocycles. The molecular formula is C24H26N2OS. The number of hydrogen-bond acceptors (Lipinski definition) is 3. The lowest BCUT2D eigenvalue weighted by atomic mass is 9.90. The maximum Gasteiger partial charge on any atom is 0.253 e. The van der Waals surface area contributed by atoms with Crippen molar-refractivity contribution in [2.75, 3.05) is 6.26 Å². The molecule has 0 spiro atoms. The second kappa shape index (κ2) is 8.38. The van der Waals surface area contributed by atoms with Crippen LogP contribution in [0, 0.1) is 6.92 Å². The molecule has 0 saturated carbocycles. The van der Waals surface area contributed by atoms with E-state index in [1.165, 1.54) is 16.7 Å². The number of nitrogens with zero attached hydrogens (tertiary/aromatic N) is 1. The quantitative estimate of drug-likeness (QED) is 0.636. The molecule has 4 rings (SSSR count). The van der Waals surface area contributed by atoms with Crippen molar-refractivity contribution >= 4 is 11.9 Å². The lowest BCUT2D eigenvalue weighted by Gasteiger charge is -2.35. The van der Waals surface area contributed by atoms with Crippen molar-refractivity contribution in [2.24, 2.45) is 0 Å². The van der Waals surface area contributed by atoms with E-state index < -0.39 is 0 Å². The van der Waals surface area contributed by atoms with Gasteiger partial charge in [0.15, 0.2) is 0 Å². The van der Waals surface area contributed by atoms with Crippen LogP contribution >= 0.6 is 11.9 Å². The number of rotatable bonds is 5. The van der Waals surface area contributed by atoms with E-state index in [0.29, 0.717) is 0 Å². The van der Waals surface area contributed by atoms with Crippen molar-refractivity contribution < 1.29 is 0 Å². The fourth-order valence-electron chi connectivity index (χ4n) is 4.21. The average molecular weight is 391 g/mol. The van der Waals surface area contributed by atoms with Crippen LogP contribution in [0.3, 0.4) is 0 Å². The summed E-state index contributed by atoms with van der Waals surface area (Å²) in [5, 5.41) is 0. The number of fused-ring (bicyclic) bond motifs is 1. The summed E-state index contributed by atoms with van der Waals surface area (Å²) in [5.41, 5.74) is 5.82. The molecular weight excluding hydrogens is 364 g/mol. The molecule has 3 aromatic rings. The van der Waals surface area contributed by atoms with Crippen LogP contribution in [0.2, 0.25) is 0 Å². The predicted molar refractivity (Wildman–Crippen MR) is 119 cm³/mol. The molecule has 4 heteroatoms. The summed E-state index contributed by atoms with van der Waals surface area (Å²) in [5.74, 6) is 0. The second-order valence-electron chi connectivity index (χ2n) is 7.49. The van der Waals surface area contributed by atoms with E-state index in [9.17, 15) is 4.79 Å². The third-order valence-electron chi connectivity index (χ3n) is 5.65. The second-order valence-corrected chi connectivity index (χ2v) is 8.13. The lowest BCUT2D eigenvalue weighted by molar-refractivity contribution is 0.320. The van der Waals surface area contributed by atoms with Gasteiger partial charge in [-0.3, -0.25) is 9.52 Å². The standard InChI is InChI=1S/C24H26N2OS/c1-17-11-12-21-13-14-22(25-28-2)23(26(21)24(17)27)16-18-7-6-10-20(15-18)19-8-4-3-5-9-19/h3-12,15,22-23,25H,13-14,16H2,1-2H3. The van der Waals surface area contributed by atoms with E-state index in [4.69, 9.17) is 0 Å². The van der Waals surface area contributed by atoms with Crippen LogP contribution in [0.1, 0.15) is 29.3 Å². The van der Waals surface area contributed by atoms with E-state index in [1.54, 1.807) is 11.9 Å². The van der Waals surface area contributed by atoms with E-state index >= 15 is 0 Å². The molecule has 0 amide bonds. The van der Waals surface area contributed by atoms with Gasteiger partial charge in [-0.1, -0.05) is 72.6 Å². The zero-order valence-electron chi connectivity index (χ0n) is 16.4. The van der Waals surface area contributed by atoms with Crippen molar-refractivity contribution in [1.29, 1.82) is 0 Å². The van der Waals surface area contributed by atoms with Crippen molar-refractivity contribution in [3.63, 3.8) is 0 Å². The van der Waals surface area contributed by atoms with Gasteiger partial charge < -0.3 is 4.57 Å². The van der Waals surface area contributed by atoms with Gasteiger partial charge in [-0.25, -0.2) is 0 Å². The van der Waals surface area contributed by atoms with Gasteiger partial charge in [0.1, 0.15) is 0 Å². The minimum absolute atomic E-state index is 0.120. The molecule has 0 bridgehead atoms. The summed E-state index contributed by atoms with van der Waals surface area (Å²) in [6.45, 7) is 1.91. The minimum atomic E-state index is 0.120. The van der Waals surface area contributed by atoms with Gasteiger partial charge in [-0.05, 0) is 55.2 Å². The van der Waals surface area contributed by atoms with Crippen LogP contribution in [-0.4, -0.2) is 16.9 Å². The minimum Gasteiger partial charge on any atom is -0.307 e. The fourth-order valence-corrected chi connectivity index (χ4v) is 4.79. The molecule has 3 nitrogen and oxygen atoms in total. The highest BCUT2D eigenvalue weighted by molar-refractivity contribution is 7.96. The maximum atomic E-state index is 13.0. The molecule has 1 aromatic heterocycles. The summed E-state index contributed by atoms with van der Waals surface area (Å²) in [6.07, 6.45) is 4.89. The van der Waals surface area contributed by atoms with Gasteiger partial charge in [0.05, 0.1) is 6.04 Å². The van der Waals surface area contributed by atoms with Gasteiger partial charge in [-0.2, -0.15) is 0 Å². The Hall–Kier alpha value is -2.30. The summed E-state index contributed by atoms with van der Waals surface area (Å²) >= 11 is 1.64. The molecule has 0 saturated heterocycles. The number of benzene rings is 2. The van der Waals surface area contributed by atoms with Gasteiger partial charge in [0, 0.05) is 17.3 Å². The number of hydrogen-bond donors (Lipinski definition) is 1. The zero-order chi connectivity index (χ0) is 19.5.